The number of amides is 1. The maximum Gasteiger partial charge on any atom is 0.239 e. The molecule has 4 heterocycles. The van der Waals surface area contributed by atoms with E-state index in [1.165, 1.54) is 0 Å². The van der Waals surface area contributed by atoms with Crippen molar-refractivity contribution in [2.75, 3.05) is 20.1 Å². The van der Waals surface area contributed by atoms with Crippen molar-refractivity contribution in [3.05, 3.63) is 52.6 Å². The molecule has 7 nitrogen and oxygen atoms in total. The summed E-state index contributed by atoms with van der Waals surface area (Å²) in [7, 11) is 1.87. The SMILES string of the molecule is Cc1nc2ncc(C3CN(C)C(=O)C4NCCC43)nc2n1Cc1cccc(Cl)c1. The Balaban J connectivity index is 1.54. The van der Waals surface area contributed by atoms with E-state index in [1.54, 1.807) is 0 Å². The Morgan fingerprint density at radius 3 is 3.00 bits per heavy atom. The number of hydrogen-bond acceptors (Lipinski definition) is 5. The summed E-state index contributed by atoms with van der Waals surface area (Å²) in [5.41, 5.74) is 3.45. The number of aromatic nitrogens is 4. The number of imidazole rings is 1. The Labute approximate surface area is 174 Å². The third-order valence-corrected chi connectivity index (χ3v) is 6.41. The predicted molar refractivity (Wildman–Crippen MR) is 111 cm³/mol. The molecule has 2 aliphatic heterocycles. The van der Waals surface area contributed by atoms with Crippen molar-refractivity contribution >= 4 is 28.8 Å². The van der Waals surface area contributed by atoms with Crippen LogP contribution in [-0.2, 0) is 11.3 Å². The van der Waals surface area contributed by atoms with Crippen molar-refractivity contribution in [2.24, 2.45) is 5.92 Å². The van der Waals surface area contributed by atoms with Crippen LogP contribution in [0.2, 0.25) is 5.02 Å². The highest BCUT2D eigenvalue weighted by atomic mass is 35.5. The molecule has 2 aliphatic rings. The van der Waals surface area contributed by atoms with Gasteiger partial charge in [0.1, 0.15) is 5.82 Å². The molecule has 0 aliphatic carbocycles. The van der Waals surface area contributed by atoms with Crippen molar-refractivity contribution in [1.29, 1.82) is 0 Å². The lowest BCUT2D eigenvalue weighted by Gasteiger charge is -2.37. The van der Waals surface area contributed by atoms with Gasteiger partial charge in [-0.1, -0.05) is 23.7 Å². The third-order valence-electron chi connectivity index (χ3n) is 6.18. The van der Waals surface area contributed by atoms with Gasteiger partial charge >= 0.3 is 0 Å². The molecule has 150 valence electrons. The zero-order valence-electron chi connectivity index (χ0n) is 16.5. The van der Waals surface area contributed by atoms with Gasteiger partial charge in [-0.25, -0.2) is 15.0 Å². The third kappa shape index (κ3) is 3.18. The van der Waals surface area contributed by atoms with E-state index in [0.717, 1.165) is 35.7 Å². The molecule has 3 unspecified atom stereocenters. The van der Waals surface area contributed by atoms with Crippen LogP contribution in [0, 0.1) is 12.8 Å². The van der Waals surface area contributed by atoms with Gasteiger partial charge in [-0.05, 0) is 43.5 Å². The second-order valence-electron chi connectivity index (χ2n) is 8.03. The molecule has 1 amide bonds. The van der Waals surface area contributed by atoms with Crippen molar-refractivity contribution in [3.63, 3.8) is 0 Å². The number of carbonyl (C=O) groups is 1. The zero-order chi connectivity index (χ0) is 20.1. The first-order chi connectivity index (χ1) is 14.0. The van der Waals surface area contributed by atoms with Gasteiger partial charge in [0.25, 0.3) is 0 Å². The molecule has 5 rings (SSSR count). The summed E-state index contributed by atoms with van der Waals surface area (Å²) in [6, 6.07) is 7.71. The first kappa shape index (κ1) is 18.5. The number of nitrogens with one attached hydrogen (secondary N) is 1. The van der Waals surface area contributed by atoms with E-state index in [0.29, 0.717) is 23.8 Å². The molecule has 0 radical (unpaired) electrons. The van der Waals surface area contributed by atoms with Gasteiger partial charge in [-0.3, -0.25) is 4.79 Å². The summed E-state index contributed by atoms with van der Waals surface area (Å²) in [5.74, 6) is 1.48. The Morgan fingerprint density at radius 1 is 1.31 bits per heavy atom. The molecular weight excluding hydrogens is 388 g/mol. The van der Waals surface area contributed by atoms with E-state index in [2.05, 4.69) is 19.9 Å². The van der Waals surface area contributed by atoms with E-state index in [-0.39, 0.29) is 23.8 Å². The van der Waals surface area contributed by atoms with E-state index >= 15 is 0 Å². The summed E-state index contributed by atoms with van der Waals surface area (Å²) >= 11 is 6.16. The number of nitrogens with zero attached hydrogens (tertiary/aromatic N) is 5. The normalized spacial score (nSPS) is 24.3. The second kappa shape index (κ2) is 7.07. The quantitative estimate of drug-likeness (QED) is 0.717. The van der Waals surface area contributed by atoms with Crippen molar-refractivity contribution < 1.29 is 4.79 Å². The van der Waals surface area contributed by atoms with Crippen molar-refractivity contribution in [1.82, 2.24) is 29.7 Å². The fourth-order valence-corrected chi connectivity index (χ4v) is 4.91. The van der Waals surface area contributed by atoms with Crippen molar-refractivity contribution in [3.8, 4) is 0 Å². The number of fused-ring (bicyclic) bond motifs is 2. The summed E-state index contributed by atoms with van der Waals surface area (Å²) in [6.45, 7) is 4.14. The van der Waals surface area contributed by atoms with Gasteiger partial charge in [-0.2, -0.15) is 0 Å². The summed E-state index contributed by atoms with van der Waals surface area (Å²) in [5, 5.41) is 4.07. The molecular formula is C21H23ClN6O. The Hall–Kier alpha value is -2.51. The molecule has 0 saturated carbocycles. The molecule has 1 N–H and O–H groups in total. The molecule has 2 aromatic heterocycles. The molecule has 1 aromatic carbocycles. The van der Waals surface area contributed by atoms with Crippen LogP contribution in [0.25, 0.3) is 11.3 Å². The largest absolute Gasteiger partial charge is 0.344 e. The number of benzene rings is 1. The van der Waals surface area contributed by atoms with Gasteiger partial charge in [0.15, 0.2) is 11.3 Å². The average molecular weight is 411 g/mol. The highest BCUT2D eigenvalue weighted by molar-refractivity contribution is 6.30. The Bertz CT molecular complexity index is 1100. The van der Waals surface area contributed by atoms with E-state index < -0.39 is 0 Å². The fourth-order valence-electron chi connectivity index (χ4n) is 4.70. The molecule has 2 saturated heterocycles. The number of rotatable bonds is 3. The topological polar surface area (TPSA) is 75.9 Å². The van der Waals surface area contributed by atoms with Crippen LogP contribution >= 0.6 is 11.6 Å². The highest BCUT2D eigenvalue weighted by Gasteiger charge is 2.45. The zero-order valence-corrected chi connectivity index (χ0v) is 17.2. The highest BCUT2D eigenvalue weighted by Crippen LogP contribution is 2.37. The number of aryl methyl sites for hydroxylation is 1. The van der Waals surface area contributed by atoms with E-state index in [4.69, 9.17) is 16.6 Å². The second-order valence-corrected chi connectivity index (χ2v) is 8.46. The Morgan fingerprint density at radius 2 is 2.17 bits per heavy atom. The molecule has 3 aromatic rings. The number of likely N-dealkylation sites (tertiary alicyclic amines) is 1. The van der Waals surface area contributed by atoms with Crippen LogP contribution in [0.3, 0.4) is 0 Å². The number of carbonyl (C=O) groups excluding carboxylic acids is 1. The van der Waals surface area contributed by atoms with E-state index in [9.17, 15) is 4.79 Å². The van der Waals surface area contributed by atoms with Crippen molar-refractivity contribution in [2.45, 2.75) is 31.8 Å². The molecule has 3 atom stereocenters. The molecule has 0 bridgehead atoms. The number of likely N-dealkylation sites (N-methyl/N-ethyl adjacent to an activating group) is 1. The average Bonchev–Trinajstić information content (AvgIpc) is 3.30. The van der Waals surface area contributed by atoms with Gasteiger partial charge in [0.05, 0.1) is 24.5 Å². The molecule has 2 fully saturated rings. The van der Waals surface area contributed by atoms with Crippen LogP contribution < -0.4 is 5.32 Å². The smallest absolute Gasteiger partial charge is 0.239 e. The minimum absolute atomic E-state index is 0.116. The standard InChI is InChI=1S/C21H23ClN6O/c1-12-25-19-20(28(12)10-13-4-3-5-14(22)8-13)26-17(9-24-19)16-11-27(2)21(29)18-15(16)6-7-23-18/h3-5,8-9,15-16,18,23H,6-7,10-11H2,1-2H3. The number of hydrogen-bond donors (Lipinski definition) is 1. The first-order valence-electron chi connectivity index (χ1n) is 9.94. The van der Waals surface area contributed by atoms with Gasteiger partial charge in [0.2, 0.25) is 5.91 Å². The van der Waals surface area contributed by atoms with E-state index in [1.807, 2.05) is 49.3 Å². The summed E-state index contributed by atoms with van der Waals surface area (Å²) < 4.78 is 2.08. The predicted octanol–water partition coefficient (Wildman–Crippen LogP) is 2.37. The lowest BCUT2D eigenvalue weighted by Crippen LogP contribution is -2.53. The van der Waals surface area contributed by atoms with Gasteiger partial charge in [-0.15, -0.1) is 0 Å². The monoisotopic (exact) mass is 410 g/mol. The van der Waals surface area contributed by atoms with Crippen LogP contribution in [0.5, 0.6) is 0 Å². The fraction of sp³-hybridized carbons (Fsp3) is 0.429. The minimum atomic E-state index is -0.116. The minimum Gasteiger partial charge on any atom is -0.344 e. The number of piperidine rings is 1. The molecule has 0 spiro atoms. The van der Waals surface area contributed by atoms with Gasteiger partial charge < -0.3 is 14.8 Å². The lowest BCUT2D eigenvalue weighted by atomic mass is 9.80. The van der Waals surface area contributed by atoms with Crippen LogP contribution in [-0.4, -0.2) is 56.5 Å². The number of halogens is 1. The summed E-state index contributed by atoms with van der Waals surface area (Å²) in [4.78, 5) is 28.5. The van der Waals surface area contributed by atoms with Crippen LogP contribution in [0.1, 0.15) is 29.4 Å². The van der Waals surface area contributed by atoms with Gasteiger partial charge in [0, 0.05) is 24.5 Å². The first-order valence-corrected chi connectivity index (χ1v) is 10.3. The molecule has 29 heavy (non-hydrogen) atoms. The Kier molecular flexibility index (Phi) is 4.52. The van der Waals surface area contributed by atoms with Crippen LogP contribution in [0.4, 0.5) is 0 Å². The van der Waals surface area contributed by atoms with Crippen LogP contribution in [0.15, 0.2) is 30.5 Å². The molecule has 8 heteroatoms. The maximum absolute atomic E-state index is 12.5. The lowest BCUT2D eigenvalue weighted by molar-refractivity contribution is -0.136. The summed E-state index contributed by atoms with van der Waals surface area (Å²) in [6.07, 6.45) is 2.82. The maximum atomic E-state index is 12.5.